The number of benzene rings is 2. The molecule has 1 unspecified atom stereocenters. The smallest absolute Gasteiger partial charge is 0.410 e. The average Bonchev–Trinajstić information content (AvgIpc) is 3.43. The van der Waals surface area contributed by atoms with Gasteiger partial charge in [0.15, 0.2) is 5.65 Å². The topological polar surface area (TPSA) is 93.0 Å². The molecule has 0 radical (unpaired) electrons. The molecular weight excluding hydrogens is 552 g/mol. The number of rotatable bonds is 9. The van der Waals surface area contributed by atoms with Crippen LogP contribution in [0.3, 0.4) is 0 Å². The number of ether oxygens (including phenoxy) is 2. The molecule has 44 heavy (non-hydrogen) atoms. The second kappa shape index (κ2) is 12.1. The fraction of sp³-hybridized carbons (Fsp3) is 0.457. The predicted octanol–water partition coefficient (Wildman–Crippen LogP) is 5.81. The lowest BCUT2D eigenvalue weighted by Gasteiger charge is -2.54. The Labute approximate surface area is 259 Å². The Balaban J connectivity index is 1.15. The van der Waals surface area contributed by atoms with Gasteiger partial charge in [-0.15, -0.1) is 0 Å². The summed E-state index contributed by atoms with van der Waals surface area (Å²) in [6, 6.07) is 22.3. The zero-order chi connectivity index (χ0) is 30.1. The highest BCUT2D eigenvalue weighted by atomic mass is 16.6. The van der Waals surface area contributed by atoms with Crippen molar-refractivity contribution < 1.29 is 14.3 Å². The largest absolute Gasteiger partial charge is 0.472 e. The normalized spacial score (nSPS) is 21.2. The highest BCUT2D eigenvalue weighted by Crippen LogP contribution is 2.45. The van der Waals surface area contributed by atoms with Gasteiger partial charge in [0.2, 0.25) is 5.88 Å². The van der Waals surface area contributed by atoms with Crippen molar-refractivity contribution in [2.75, 3.05) is 25.0 Å². The van der Waals surface area contributed by atoms with Crippen LogP contribution in [-0.2, 0) is 17.8 Å². The van der Waals surface area contributed by atoms with Gasteiger partial charge in [0, 0.05) is 37.3 Å². The van der Waals surface area contributed by atoms with Gasteiger partial charge in [0.25, 0.3) is 0 Å². The van der Waals surface area contributed by atoms with Crippen molar-refractivity contribution in [3.05, 3.63) is 89.6 Å². The third kappa shape index (κ3) is 5.85. The molecule has 3 aliphatic rings. The van der Waals surface area contributed by atoms with Crippen molar-refractivity contribution in [1.82, 2.24) is 24.8 Å². The van der Waals surface area contributed by atoms with Crippen LogP contribution in [0.15, 0.2) is 72.9 Å². The van der Waals surface area contributed by atoms with Gasteiger partial charge >= 0.3 is 6.09 Å². The zero-order valence-electron chi connectivity index (χ0n) is 25.6. The Hall–Kier alpha value is -4.11. The fourth-order valence-corrected chi connectivity index (χ4v) is 7.03. The molecule has 9 heteroatoms. The number of amides is 1. The van der Waals surface area contributed by atoms with E-state index >= 15 is 0 Å². The number of likely N-dealkylation sites (tertiary alicyclic amines) is 1. The van der Waals surface area contributed by atoms with E-state index in [9.17, 15) is 4.79 Å². The molecule has 2 aromatic carbocycles. The molecule has 230 valence electrons. The quantitative estimate of drug-likeness (QED) is 0.253. The summed E-state index contributed by atoms with van der Waals surface area (Å²) >= 11 is 0. The van der Waals surface area contributed by atoms with Gasteiger partial charge in [-0.3, -0.25) is 0 Å². The number of carbonyl (C=O) groups excluding carboxylic acids is 1. The van der Waals surface area contributed by atoms with Crippen LogP contribution in [-0.4, -0.2) is 63.4 Å². The van der Waals surface area contributed by atoms with Crippen molar-refractivity contribution in [3.63, 3.8) is 0 Å². The van der Waals surface area contributed by atoms with E-state index in [0.29, 0.717) is 30.3 Å². The first-order valence-electron chi connectivity index (χ1n) is 16.0. The zero-order valence-corrected chi connectivity index (χ0v) is 25.6. The van der Waals surface area contributed by atoms with Gasteiger partial charge in [0.1, 0.15) is 18.5 Å². The van der Waals surface area contributed by atoms with Crippen molar-refractivity contribution in [1.29, 1.82) is 0 Å². The summed E-state index contributed by atoms with van der Waals surface area (Å²) in [5.74, 6) is 1.73. The van der Waals surface area contributed by atoms with Crippen LogP contribution >= 0.6 is 0 Å². The molecule has 9 nitrogen and oxygen atoms in total. The first-order chi connectivity index (χ1) is 21.5. The standard InChI is InChI=1S/C35H42N6O3/c1-24(2)28-20-37-41-31(38-27-18-35(19-27)22-36-23-35)17-32(39-33(28)41)44-30-14-9-15-40(29(30)16-25-10-5-3-6-11-25)34(42)43-21-26-12-7-4-8-13-26/h3-8,10-13,17,20,24,27,29-30,36,38H,9,14-16,18-19,21-23H2,1-2H3/t29-,30?/m1/s1. The van der Waals surface area contributed by atoms with Crippen molar-refractivity contribution >= 4 is 17.6 Å². The number of hydrogen-bond donors (Lipinski definition) is 2. The molecule has 0 bridgehead atoms. The monoisotopic (exact) mass is 594 g/mol. The van der Waals surface area contributed by atoms with E-state index in [1.54, 1.807) is 0 Å². The molecule has 3 fully saturated rings. The number of anilines is 1. The summed E-state index contributed by atoms with van der Waals surface area (Å²) in [4.78, 5) is 20.4. The molecule has 1 amide bonds. The second-order valence-corrected chi connectivity index (χ2v) is 13.1. The second-order valence-electron chi connectivity index (χ2n) is 13.1. The molecule has 4 heterocycles. The minimum atomic E-state index is -0.309. The van der Waals surface area contributed by atoms with Gasteiger partial charge < -0.3 is 25.0 Å². The summed E-state index contributed by atoms with van der Waals surface area (Å²) < 4.78 is 14.5. The van der Waals surface area contributed by atoms with Gasteiger partial charge in [0.05, 0.1) is 12.2 Å². The Morgan fingerprint density at radius 2 is 1.80 bits per heavy atom. The summed E-state index contributed by atoms with van der Waals surface area (Å²) in [6.07, 6.45) is 5.99. The van der Waals surface area contributed by atoms with E-state index in [2.05, 4.69) is 36.6 Å². The molecule has 2 atom stereocenters. The number of hydrogen-bond acceptors (Lipinski definition) is 7. The number of fused-ring (bicyclic) bond motifs is 1. The lowest BCUT2D eigenvalue weighted by atomic mass is 9.62. The molecule has 2 N–H and O–H groups in total. The van der Waals surface area contributed by atoms with E-state index in [4.69, 9.17) is 19.6 Å². The van der Waals surface area contributed by atoms with Crippen LogP contribution in [0, 0.1) is 5.41 Å². The maximum absolute atomic E-state index is 13.5. The third-order valence-corrected chi connectivity index (χ3v) is 9.53. The summed E-state index contributed by atoms with van der Waals surface area (Å²) in [7, 11) is 0. The van der Waals surface area contributed by atoms with Crippen LogP contribution in [0.25, 0.3) is 5.65 Å². The number of carbonyl (C=O) groups is 1. The molecule has 1 spiro atoms. The van der Waals surface area contributed by atoms with Crippen molar-refractivity contribution in [2.45, 2.75) is 76.7 Å². The fourth-order valence-electron chi connectivity index (χ4n) is 7.03. The third-order valence-electron chi connectivity index (χ3n) is 9.53. The molecule has 2 aromatic heterocycles. The molecule has 7 rings (SSSR count). The highest BCUT2D eigenvalue weighted by Gasteiger charge is 2.48. The van der Waals surface area contributed by atoms with Crippen LogP contribution < -0.4 is 15.4 Å². The summed E-state index contributed by atoms with van der Waals surface area (Å²) in [6.45, 7) is 7.41. The number of nitrogens with zero attached hydrogens (tertiary/aromatic N) is 4. The van der Waals surface area contributed by atoms with E-state index in [1.807, 2.05) is 70.2 Å². The summed E-state index contributed by atoms with van der Waals surface area (Å²) in [5, 5.41) is 11.9. The van der Waals surface area contributed by atoms with Crippen LogP contribution in [0.5, 0.6) is 5.88 Å². The maximum Gasteiger partial charge on any atom is 0.410 e. The van der Waals surface area contributed by atoms with Crippen LogP contribution in [0.4, 0.5) is 10.6 Å². The first-order valence-corrected chi connectivity index (χ1v) is 16.0. The van der Waals surface area contributed by atoms with Gasteiger partial charge in [-0.25, -0.2) is 4.79 Å². The SMILES string of the molecule is CC(C)c1cnn2c(NC3CC4(CNC4)C3)cc(OC3CCCN(C(=O)OCc4ccccc4)[C@@H]3Cc3ccccc3)nc12. The minimum absolute atomic E-state index is 0.198. The number of nitrogens with one attached hydrogen (secondary N) is 2. The van der Waals surface area contributed by atoms with Gasteiger partial charge in [-0.1, -0.05) is 74.5 Å². The van der Waals surface area contributed by atoms with Gasteiger partial charge in [-0.05, 0) is 54.6 Å². The van der Waals surface area contributed by atoms with E-state index in [0.717, 1.165) is 66.9 Å². The first kappa shape index (κ1) is 28.6. The molecule has 1 aliphatic carbocycles. The lowest BCUT2D eigenvalue weighted by molar-refractivity contribution is 0.0132. The Morgan fingerprint density at radius 3 is 2.48 bits per heavy atom. The average molecular weight is 595 g/mol. The lowest BCUT2D eigenvalue weighted by Crippen LogP contribution is -2.63. The molecule has 2 saturated heterocycles. The molecule has 1 saturated carbocycles. The maximum atomic E-state index is 13.5. The molecule has 4 aromatic rings. The van der Waals surface area contributed by atoms with Crippen molar-refractivity contribution in [3.8, 4) is 5.88 Å². The molecule has 2 aliphatic heterocycles. The summed E-state index contributed by atoms with van der Waals surface area (Å²) in [5.41, 5.74) is 4.48. The Kier molecular flexibility index (Phi) is 7.89. The van der Waals surface area contributed by atoms with Crippen LogP contribution in [0.2, 0.25) is 0 Å². The predicted molar refractivity (Wildman–Crippen MR) is 170 cm³/mol. The minimum Gasteiger partial charge on any atom is -0.472 e. The Bertz CT molecular complexity index is 1580. The van der Waals surface area contributed by atoms with E-state index < -0.39 is 0 Å². The molecular formula is C35H42N6O3. The number of piperidine rings is 1. The van der Waals surface area contributed by atoms with E-state index in [-0.39, 0.29) is 30.8 Å². The highest BCUT2D eigenvalue weighted by molar-refractivity contribution is 5.68. The van der Waals surface area contributed by atoms with Gasteiger partial charge in [-0.2, -0.15) is 14.6 Å². The Morgan fingerprint density at radius 1 is 1.07 bits per heavy atom. The van der Waals surface area contributed by atoms with E-state index in [1.165, 1.54) is 0 Å². The van der Waals surface area contributed by atoms with Crippen LogP contribution in [0.1, 0.15) is 62.1 Å². The van der Waals surface area contributed by atoms with Crippen molar-refractivity contribution in [2.24, 2.45) is 5.41 Å². The number of aromatic nitrogens is 3.